The Labute approximate surface area is 175 Å². The number of nitrogens with one attached hydrogen (secondary N) is 1. The van der Waals surface area contributed by atoms with E-state index in [1.54, 1.807) is 6.07 Å². The number of hydrogen-bond acceptors (Lipinski definition) is 7. The lowest BCUT2D eigenvalue weighted by Crippen LogP contribution is -2.27. The van der Waals surface area contributed by atoms with Crippen LogP contribution in [-0.2, 0) is 12.7 Å². The molecule has 3 aromatic rings. The van der Waals surface area contributed by atoms with Gasteiger partial charge in [0.2, 0.25) is 5.89 Å². The summed E-state index contributed by atoms with van der Waals surface area (Å²) in [6, 6.07) is 5.11. The Morgan fingerprint density at radius 2 is 2.00 bits per heavy atom. The van der Waals surface area contributed by atoms with Crippen LogP contribution in [0.4, 0.5) is 13.2 Å². The third-order valence-electron chi connectivity index (χ3n) is 4.39. The number of amides is 1. The average Bonchev–Trinajstić information content (AvgIpc) is 3.15. The van der Waals surface area contributed by atoms with Crippen LogP contribution in [0.2, 0.25) is 0 Å². The lowest BCUT2D eigenvalue weighted by atomic mass is 10.1. The Morgan fingerprint density at radius 1 is 1.26 bits per heavy atom. The Bertz CT molecular complexity index is 1140. The summed E-state index contributed by atoms with van der Waals surface area (Å²) in [5, 5.41) is 2.94. The van der Waals surface area contributed by atoms with Crippen molar-refractivity contribution < 1.29 is 27.1 Å². The SMILES string of the molecule is C=C(N)CCNC(=O)c1nc(-c2ccc(OC)c3nc(C(F)(F)F)ccc23)oc1CN. The number of pyridine rings is 1. The highest BCUT2D eigenvalue weighted by Gasteiger charge is 2.33. The van der Waals surface area contributed by atoms with Gasteiger partial charge < -0.3 is 25.9 Å². The second kappa shape index (κ2) is 8.64. The fourth-order valence-electron chi connectivity index (χ4n) is 2.90. The van der Waals surface area contributed by atoms with Gasteiger partial charge in [-0.1, -0.05) is 6.58 Å². The highest BCUT2D eigenvalue weighted by molar-refractivity contribution is 5.98. The van der Waals surface area contributed by atoms with Crippen molar-refractivity contribution in [3.63, 3.8) is 0 Å². The van der Waals surface area contributed by atoms with Gasteiger partial charge in [0, 0.05) is 29.6 Å². The number of oxazole rings is 1. The quantitative estimate of drug-likeness (QED) is 0.520. The van der Waals surface area contributed by atoms with Crippen LogP contribution in [0.5, 0.6) is 5.75 Å². The molecule has 0 aliphatic heterocycles. The minimum Gasteiger partial charge on any atom is -0.494 e. The van der Waals surface area contributed by atoms with Crippen molar-refractivity contribution in [3.05, 3.63) is 53.7 Å². The molecule has 8 nitrogen and oxygen atoms in total. The van der Waals surface area contributed by atoms with Gasteiger partial charge in [-0.2, -0.15) is 13.2 Å². The number of aromatic nitrogens is 2. The van der Waals surface area contributed by atoms with Crippen LogP contribution < -0.4 is 21.5 Å². The van der Waals surface area contributed by atoms with Crippen LogP contribution in [0.25, 0.3) is 22.4 Å². The zero-order valence-electron chi connectivity index (χ0n) is 16.5. The fourth-order valence-corrected chi connectivity index (χ4v) is 2.90. The molecule has 164 valence electrons. The predicted octanol–water partition coefficient (Wildman–Crippen LogP) is 2.97. The number of fused-ring (bicyclic) bond motifs is 1. The van der Waals surface area contributed by atoms with E-state index in [0.717, 1.165) is 6.07 Å². The van der Waals surface area contributed by atoms with Gasteiger partial charge in [0.1, 0.15) is 17.0 Å². The van der Waals surface area contributed by atoms with Gasteiger partial charge in [-0.05, 0) is 24.3 Å². The summed E-state index contributed by atoms with van der Waals surface area (Å²) in [5.41, 5.74) is 10.8. The van der Waals surface area contributed by atoms with Crippen LogP contribution in [0.1, 0.15) is 28.4 Å². The maximum atomic E-state index is 13.1. The number of benzene rings is 1. The first kappa shape index (κ1) is 22.1. The molecule has 1 aromatic carbocycles. The monoisotopic (exact) mass is 435 g/mol. The molecule has 0 saturated carbocycles. The minimum atomic E-state index is -4.62. The summed E-state index contributed by atoms with van der Waals surface area (Å²) in [4.78, 5) is 20.4. The third-order valence-corrected chi connectivity index (χ3v) is 4.39. The highest BCUT2D eigenvalue weighted by Crippen LogP contribution is 2.36. The zero-order valence-corrected chi connectivity index (χ0v) is 16.5. The van der Waals surface area contributed by atoms with Gasteiger partial charge >= 0.3 is 6.18 Å². The maximum absolute atomic E-state index is 13.1. The van der Waals surface area contributed by atoms with E-state index in [1.165, 1.54) is 19.2 Å². The van der Waals surface area contributed by atoms with Crippen molar-refractivity contribution in [3.8, 4) is 17.2 Å². The normalized spacial score (nSPS) is 11.5. The molecular formula is C20H20F3N5O3. The van der Waals surface area contributed by atoms with Crippen molar-refractivity contribution in [1.29, 1.82) is 0 Å². The molecule has 2 heterocycles. The standard InChI is InChI=1S/C20H20F3N5O3/c1-10(25)7-8-26-18(29)17-14(9-24)31-19(28-17)12-3-5-13(30-2)16-11(12)4-6-15(27-16)20(21,22)23/h3-6H,1,7-9,24-25H2,2H3,(H,26,29). The molecule has 5 N–H and O–H groups in total. The number of carbonyl (C=O) groups is 1. The molecular weight excluding hydrogens is 415 g/mol. The number of methoxy groups -OCH3 is 1. The first-order chi connectivity index (χ1) is 14.7. The predicted molar refractivity (Wildman–Crippen MR) is 107 cm³/mol. The largest absolute Gasteiger partial charge is 0.494 e. The van der Waals surface area contributed by atoms with Crippen molar-refractivity contribution in [2.75, 3.05) is 13.7 Å². The topological polar surface area (TPSA) is 129 Å². The smallest absolute Gasteiger partial charge is 0.433 e. The number of nitrogens with zero attached hydrogens (tertiary/aromatic N) is 2. The molecule has 0 radical (unpaired) electrons. The van der Waals surface area contributed by atoms with Crippen molar-refractivity contribution in [1.82, 2.24) is 15.3 Å². The van der Waals surface area contributed by atoms with Crippen molar-refractivity contribution in [2.24, 2.45) is 11.5 Å². The van der Waals surface area contributed by atoms with Crippen LogP contribution in [-0.4, -0.2) is 29.5 Å². The molecule has 0 aliphatic rings. The minimum absolute atomic E-state index is 0.0167. The molecule has 31 heavy (non-hydrogen) atoms. The number of carbonyl (C=O) groups excluding carboxylic acids is 1. The summed E-state index contributed by atoms with van der Waals surface area (Å²) in [6.45, 7) is 3.69. The van der Waals surface area contributed by atoms with E-state index in [4.69, 9.17) is 20.6 Å². The summed E-state index contributed by atoms with van der Waals surface area (Å²) in [5.74, 6) is -0.228. The first-order valence-corrected chi connectivity index (χ1v) is 9.12. The van der Waals surface area contributed by atoms with E-state index in [9.17, 15) is 18.0 Å². The molecule has 1 amide bonds. The van der Waals surface area contributed by atoms with Crippen LogP contribution >= 0.6 is 0 Å². The number of alkyl halides is 3. The number of ether oxygens (including phenoxy) is 1. The Morgan fingerprint density at radius 3 is 2.61 bits per heavy atom. The molecule has 3 rings (SSSR count). The molecule has 2 aromatic heterocycles. The van der Waals surface area contributed by atoms with Crippen LogP contribution in [0.15, 0.2) is 41.0 Å². The zero-order chi connectivity index (χ0) is 22.8. The van der Waals surface area contributed by atoms with E-state index in [0.29, 0.717) is 23.1 Å². The van der Waals surface area contributed by atoms with Gasteiger partial charge in [0.15, 0.2) is 11.5 Å². The van der Waals surface area contributed by atoms with Crippen molar-refractivity contribution >= 4 is 16.8 Å². The summed E-state index contributed by atoms with van der Waals surface area (Å²) >= 11 is 0. The first-order valence-electron chi connectivity index (χ1n) is 9.12. The highest BCUT2D eigenvalue weighted by atomic mass is 19.4. The number of nitrogens with two attached hydrogens (primary N) is 2. The number of halogens is 3. The molecule has 0 atom stereocenters. The molecule has 0 unspecified atom stereocenters. The van der Waals surface area contributed by atoms with E-state index >= 15 is 0 Å². The molecule has 0 saturated heterocycles. The average molecular weight is 435 g/mol. The molecule has 0 aliphatic carbocycles. The molecule has 0 bridgehead atoms. The lowest BCUT2D eigenvalue weighted by molar-refractivity contribution is -0.140. The lowest BCUT2D eigenvalue weighted by Gasteiger charge is -2.11. The van der Waals surface area contributed by atoms with Gasteiger partial charge in [-0.15, -0.1) is 0 Å². The maximum Gasteiger partial charge on any atom is 0.433 e. The summed E-state index contributed by atoms with van der Waals surface area (Å²) in [7, 11) is 1.33. The Balaban J connectivity index is 2.06. The van der Waals surface area contributed by atoms with Gasteiger partial charge in [0.25, 0.3) is 5.91 Å². The van der Waals surface area contributed by atoms with E-state index < -0.39 is 17.8 Å². The van der Waals surface area contributed by atoms with E-state index in [-0.39, 0.29) is 41.7 Å². The molecule has 11 heteroatoms. The second-order valence-electron chi connectivity index (χ2n) is 6.56. The van der Waals surface area contributed by atoms with Crippen LogP contribution in [0, 0.1) is 0 Å². The second-order valence-corrected chi connectivity index (χ2v) is 6.56. The van der Waals surface area contributed by atoms with Gasteiger partial charge in [-0.3, -0.25) is 4.79 Å². The molecule has 0 spiro atoms. The Hall–Kier alpha value is -3.60. The van der Waals surface area contributed by atoms with Gasteiger partial charge in [0.05, 0.1) is 13.7 Å². The van der Waals surface area contributed by atoms with E-state index in [1.807, 2.05) is 0 Å². The third kappa shape index (κ3) is 4.61. The number of rotatable bonds is 7. The summed E-state index contributed by atoms with van der Waals surface area (Å²) < 4.78 is 50.1. The molecule has 0 fully saturated rings. The fraction of sp³-hybridized carbons (Fsp3) is 0.250. The summed E-state index contributed by atoms with van der Waals surface area (Å²) in [6.07, 6.45) is -4.24. The van der Waals surface area contributed by atoms with E-state index in [2.05, 4.69) is 21.9 Å². The Kier molecular flexibility index (Phi) is 6.16. The van der Waals surface area contributed by atoms with Crippen LogP contribution in [0.3, 0.4) is 0 Å². The van der Waals surface area contributed by atoms with Gasteiger partial charge in [-0.25, -0.2) is 9.97 Å². The number of hydrogen-bond donors (Lipinski definition) is 3. The van der Waals surface area contributed by atoms with Crippen molar-refractivity contribution in [2.45, 2.75) is 19.1 Å².